The molecule has 0 saturated heterocycles. The quantitative estimate of drug-likeness (QED) is 0.654. The number of hydrogen-bond acceptors (Lipinski definition) is 5. The lowest BCUT2D eigenvalue weighted by atomic mass is 10.0. The van der Waals surface area contributed by atoms with Crippen molar-refractivity contribution in [2.75, 3.05) is 11.4 Å². The summed E-state index contributed by atoms with van der Waals surface area (Å²) in [6.45, 7) is 4.27. The molecule has 0 unspecified atom stereocenters. The van der Waals surface area contributed by atoms with Gasteiger partial charge in [-0.3, -0.25) is 0 Å². The van der Waals surface area contributed by atoms with Crippen LogP contribution in [0.1, 0.15) is 25.8 Å². The van der Waals surface area contributed by atoms with Crippen LogP contribution >= 0.6 is 0 Å². The van der Waals surface area contributed by atoms with E-state index in [1.807, 2.05) is 23.1 Å². The van der Waals surface area contributed by atoms with Gasteiger partial charge in [0.15, 0.2) is 0 Å². The number of ether oxygens (including phenoxy) is 1. The first kappa shape index (κ1) is 17.5. The maximum Gasteiger partial charge on any atom is 0.270 e. The summed E-state index contributed by atoms with van der Waals surface area (Å²) in [5.41, 5.74) is 1.82. The highest BCUT2D eigenvalue weighted by Crippen LogP contribution is 2.34. The molecule has 2 aromatic carbocycles. The molecule has 2 heterocycles. The van der Waals surface area contributed by atoms with Crippen LogP contribution < -0.4 is 9.64 Å². The van der Waals surface area contributed by atoms with Crippen LogP contribution in [0.4, 0.5) is 20.4 Å². The van der Waals surface area contributed by atoms with Crippen LogP contribution in [0.15, 0.2) is 40.9 Å². The van der Waals surface area contributed by atoms with Crippen LogP contribution in [0.25, 0.3) is 11.5 Å². The number of para-hydroxylation sites is 1. The van der Waals surface area contributed by atoms with Crippen molar-refractivity contribution in [1.29, 1.82) is 0 Å². The molecule has 0 spiro atoms. The van der Waals surface area contributed by atoms with E-state index in [4.69, 9.17) is 9.26 Å². The van der Waals surface area contributed by atoms with Crippen molar-refractivity contribution in [3.63, 3.8) is 0 Å². The molecule has 0 fully saturated rings. The van der Waals surface area contributed by atoms with Gasteiger partial charge >= 0.3 is 0 Å². The maximum absolute atomic E-state index is 14.5. The highest BCUT2D eigenvalue weighted by atomic mass is 19.1. The lowest BCUT2D eigenvalue weighted by Gasteiger charge is -2.27. The molecule has 7 heteroatoms. The summed E-state index contributed by atoms with van der Waals surface area (Å²) in [6, 6.07) is 10.2. The van der Waals surface area contributed by atoms with Crippen LogP contribution in [-0.4, -0.2) is 22.8 Å². The molecule has 0 atom stereocenters. The molecule has 27 heavy (non-hydrogen) atoms. The van der Waals surface area contributed by atoms with Crippen LogP contribution in [0.3, 0.4) is 0 Å². The number of aromatic nitrogens is 2. The van der Waals surface area contributed by atoms with Gasteiger partial charge < -0.3 is 14.2 Å². The summed E-state index contributed by atoms with van der Waals surface area (Å²) >= 11 is 0. The summed E-state index contributed by atoms with van der Waals surface area (Å²) in [7, 11) is 0. The van der Waals surface area contributed by atoms with Crippen LogP contribution in [0.5, 0.6) is 5.75 Å². The molecule has 1 aromatic heterocycles. The molecule has 1 aliphatic rings. The zero-order chi connectivity index (χ0) is 19.0. The largest absolute Gasteiger partial charge is 0.491 e. The Bertz CT molecular complexity index is 948. The van der Waals surface area contributed by atoms with E-state index in [1.165, 1.54) is 5.56 Å². The number of aryl methyl sites for hydroxylation is 1. The molecular weight excluding hydrogens is 352 g/mol. The zero-order valence-electron chi connectivity index (χ0n) is 15.1. The lowest BCUT2D eigenvalue weighted by molar-refractivity contribution is 0.240. The molecule has 140 valence electrons. The predicted octanol–water partition coefficient (Wildman–Crippen LogP) is 4.89. The third-order valence-corrected chi connectivity index (χ3v) is 4.37. The van der Waals surface area contributed by atoms with Gasteiger partial charge in [0.25, 0.3) is 11.8 Å². The summed E-state index contributed by atoms with van der Waals surface area (Å²) in [5, 5.41) is 3.94. The van der Waals surface area contributed by atoms with E-state index in [0.29, 0.717) is 12.5 Å². The first-order chi connectivity index (χ1) is 13.0. The number of benzene rings is 2. The van der Waals surface area contributed by atoms with Gasteiger partial charge in [0.05, 0.1) is 6.10 Å². The smallest absolute Gasteiger partial charge is 0.270 e. The number of nitrogens with zero attached hydrogens (tertiary/aromatic N) is 3. The van der Waals surface area contributed by atoms with Gasteiger partial charge in [-0.25, -0.2) is 8.78 Å². The molecule has 5 nitrogen and oxygen atoms in total. The van der Waals surface area contributed by atoms with Crippen LogP contribution in [-0.2, 0) is 6.42 Å². The minimum Gasteiger partial charge on any atom is -0.491 e. The molecule has 0 radical (unpaired) electrons. The van der Waals surface area contributed by atoms with E-state index in [-0.39, 0.29) is 23.3 Å². The van der Waals surface area contributed by atoms with Crippen molar-refractivity contribution in [3.8, 4) is 17.2 Å². The molecule has 0 amide bonds. The predicted molar refractivity (Wildman–Crippen MR) is 97.2 cm³/mol. The number of halogens is 2. The Balaban J connectivity index is 1.68. The summed E-state index contributed by atoms with van der Waals surface area (Å²) in [6.07, 6.45) is 1.71. The Kier molecular flexibility index (Phi) is 4.51. The van der Waals surface area contributed by atoms with Crippen molar-refractivity contribution < 1.29 is 18.0 Å². The first-order valence-corrected chi connectivity index (χ1v) is 8.88. The average Bonchev–Trinajstić information content (AvgIpc) is 3.09. The number of hydrogen-bond donors (Lipinski definition) is 0. The number of fused-ring (bicyclic) bond motifs is 1. The van der Waals surface area contributed by atoms with Gasteiger partial charge in [0.2, 0.25) is 0 Å². The topological polar surface area (TPSA) is 51.4 Å². The Morgan fingerprint density at radius 2 is 1.89 bits per heavy atom. The Hall–Kier alpha value is -2.96. The molecule has 4 rings (SSSR count). The fraction of sp³-hybridized carbons (Fsp3) is 0.300. The van der Waals surface area contributed by atoms with Crippen molar-refractivity contribution in [2.24, 2.45) is 0 Å². The Morgan fingerprint density at radius 1 is 1.15 bits per heavy atom. The maximum atomic E-state index is 14.5. The van der Waals surface area contributed by atoms with Crippen LogP contribution in [0.2, 0.25) is 0 Å². The van der Waals surface area contributed by atoms with Gasteiger partial charge in [-0.2, -0.15) is 4.98 Å². The van der Waals surface area contributed by atoms with E-state index in [1.54, 1.807) is 13.8 Å². The van der Waals surface area contributed by atoms with E-state index in [9.17, 15) is 8.78 Å². The molecule has 0 aliphatic carbocycles. The van der Waals surface area contributed by atoms with Crippen molar-refractivity contribution in [3.05, 3.63) is 53.6 Å². The standard InChI is InChI=1S/C20H19F2N3O2/c1-12(2)26-14-10-15(21)18(16(22)11-14)19-23-20(24-27-19)25-9-5-7-13-6-3-4-8-17(13)25/h3-4,6,8,10-12H,5,7,9H2,1-2H3. The SMILES string of the molecule is CC(C)Oc1cc(F)c(-c2nc(N3CCCc4ccccc43)no2)c(F)c1. The van der Waals surface area contributed by atoms with Crippen molar-refractivity contribution in [1.82, 2.24) is 10.1 Å². The second kappa shape index (κ2) is 6.98. The van der Waals surface area contributed by atoms with Gasteiger partial charge in [-0.15, -0.1) is 0 Å². The van der Waals surface area contributed by atoms with Gasteiger partial charge in [0.1, 0.15) is 22.9 Å². The highest BCUT2D eigenvalue weighted by Gasteiger charge is 2.25. The second-order valence-corrected chi connectivity index (χ2v) is 6.71. The summed E-state index contributed by atoms with van der Waals surface area (Å²) in [5.74, 6) is -1.40. The fourth-order valence-corrected chi connectivity index (χ4v) is 3.26. The molecular formula is C20H19F2N3O2. The third kappa shape index (κ3) is 3.37. The van der Waals surface area contributed by atoms with Gasteiger partial charge in [-0.05, 0) is 43.5 Å². The molecule has 0 N–H and O–H groups in total. The van der Waals surface area contributed by atoms with Gasteiger partial charge in [-0.1, -0.05) is 18.2 Å². The average molecular weight is 371 g/mol. The number of rotatable bonds is 4. The molecule has 1 aliphatic heterocycles. The van der Waals surface area contributed by atoms with E-state index >= 15 is 0 Å². The summed E-state index contributed by atoms with van der Waals surface area (Å²) in [4.78, 5) is 6.14. The van der Waals surface area contributed by atoms with Crippen molar-refractivity contribution >= 4 is 11.6 Å². The molecule has 0 bridgehead atoms. The number of anilines is 2. The first-order valence-electron chi connectivity index (χ1n) is 8.88. The highest BCUT2D eigenvalue weighted by molar-refractivity contribution is 5.65. The minimum absolute atomic E-state index is 0.119. The third-order valence-electron chi connectivity index (χ3n) is 4.37. The molecule has 3 aromatic rings. The Labute approximate surface area is 155 Å². The molecule has 0 saturated carbocycles. The Morgan fingerprint density at radius 3 is 2.63 bits per heavy atom. The zero-order valence-corrected chi connectivity index (χ0v) is 15.1. The minimum atomic E-state index is -0.806. The second-order valence-electron chi connectivity index (χ2n) is 6.71. The summed E-state index contributed by atoms with van der Waals surface area (Å²) < 4.78 is 39.5. The fourth-order valence-electron chi connectivity index (χ4n) is 3.26. The van der Waals surface area contributed by atoms with E-state index in [2.05, 4.69) is 16.2 Å². The lowest BCUT2D eigenvalue weighted by Crippen LogP contribution is -2.25. The van der Waals surface area contributed by atoms with E-state index in [0.717, 1.165) is 30.7 Å². The van der Waals surface area contributed by atoms with Crippen LogP contribution in [0, 0.1) is 11.6 Å². The van der Waals surface area contributed by atoms with Gasteiger partial charge in [0, 0.05) is 24.4 Å². The normalized spacial score (nSPS) is 13.7. The van der Waals surface area contributed by atoms with Crippen molar-refractivity contribution in [2.45, 2.75) is 32.8 Å². The van der Waals surface area contributed by atoms with E-state index < -0.39 is 11.6 Å². The monoisotopic (exact) mass is 371 g/mol.